The third-order valence-corrected chi connectivity index (χ3v) is 4.77. The maximum atomic E-state index is 12.4. The van der Waals surface area contributed by atoms with Crippen LogP contribution in [0.5, 0.6) is 0 Å². The third-order valence-electron chi connectivity index (χ3n) is 3.74. The third kappa shape index (κ3) is 3.17. The fourth-order valence-corrected chi connectivity index (χ4v) is 3.25. The van der Waals surface area contributed by atoms with E-state index in [1.165, 1.54) is 0 Å². The summed E-state index contributed by atoms with van der Waals surface area (Å²) in [6.07, 6.45) is 0.719. The lowest BCUT2D eigenvalue weighted by molar-refractivity contribution is -0.120. The molecule has 1 heterocycles. The summed E-state index contributed by atoms with van der Waals surface area (Å²) in [5.74, 6) is -0.269. The van der Waals surface area contributed by atoms with Crippen molar-refractivity contribution in [2.45, 2.75) is 18.9 Å². The molecule has 1 amide bonds. The topological polar surface area (TPSA) is 46.2 Å². The summed E-state index contributed by atoms with van der Waals surface area (Å²) in [4.78, 5) is 24.8. The van der Waals surface area contributed by atoms with Crippen molar-refractivity contribution in [1.29, 1.82) is 0 Å². The highest BCUT2D eigenvalue weighted by Gasteiger charge is 2.29. The summed E-state index contributed by atoms with van der Waals surface area (Å²) in [7, 11) is 0. The van der Waals surface area contributed by atoms with Gasteiger partial charge in [-0.15, -0.1) is 0 Å². The fraction of sp³-hybridized carbons (Fsp3) is 0.176. The van der Waals surface area contributed by atoms with Crippen molar-refractivity contribution in [2.24, 2.45) is 0 Å². The molecule has 0 aliphatic carbocycles. The number of nitrogens with one attached hydrogen (secondary N) is 1. The van der Waals surface area contributed by atoms with Crippen LogP contribution < -0.4 is 5.32 Å². The second-order valence-electron chi connectivity index (χ2n) is 5.27. The molecule has 0 radical (unpaired) electrons. The van der Waals surface area contributed by atoms with Gasteiger partial charge in [0.15, 0.2) is 5.78 Å². The van der Waals surface area contributed by atoms with E-state index in [-0.39, 0.29) is 18.1 Å². The molecule has 1 aliphatic rings. The van der Waals surface area contributed by atoms with Crippen molar-refractivity contribution in [3.05, 3.63) is 67.7 Å². The van der Waals surface area contributed by atoms with Crippen LogP contribution in [0.25, 0.3) is 0 Å². The lowest BCUT2D eigenvalue weighted by Gasteiger charge is -2.15. The van der Waals surface area contributed by atoms with Crippen LogP contribution in [-0.4, -0.2) is 17.7 Å². The number of amides is 1. The maximum absolute atomic E-state index is 12.4. The molecule has 5 heteroatoms. The Morgan fingerprint density at radius 3 is 2.59 bits per heavy atom. The van der Waals surface area contributed by atoms with E-state index in [9.17, 15) is 9.59 Å². The van der Waals surface area contributed by atoms with E-state index >= 15 is 0 Å². The molecule has 0 saturated heterocycles. The van der Waals surface area contributed by atoms with Gasteiger partial charge in [0.25, 0.3) is 5.91 Å². The quantitative estimate of drug-likeness (QED) is 0.750. The van der Waals surface area contributed by atoms with Crippen molar-refractivity contribution in [3.63, 3.8) is 0 Å². The van der Waals surface area contributed by atoms with Gasteiger partial charge in [-0.05, 0) is 58.3 Å². The zero-order valence-corrected chi connectivity index (χ0v) is 14.5. The summed E-state index contributed by atoms with van der Waals surface area (Å²) >= 11 is 8.34. The Hall–Kier alpha value is -1.40. The molecule has 1 N–H and O–H groups in total. The number of Topliss-reactive ketones (excluding diaryl/α,β-unsaturated/α-hetero) is 1. The molecule has 0 unspecified atom stereocenters. The van der Waals surface area contributed by atoms with Crippen LogP contribution in [0.15, 0.2) is 42.5 Å². The number of hydrogen-bond acceptors (Lipinski definition) is 2. The molecule has 3 rings (SSSR count). The van der Waals surface area contributed by atoms with Crippen LogP contribution in [0.3, 0.4) is 0 Å². The van der Waals surface area contributed by atoms with Crippen molar-refractivity contribution in [2.75, 3.05) is 0 Å². The average Bonchev–Trinajstić information content (AvgIpc) is 2.59. The highest BCUT2D eigenvalue weighted by molar-refractivity contribution is 14.1. The average molecular weight is 426 g/mol. The minimum atomic E-state index is -0.518. The fourth-order valence-electron chi connectivity index (χ4n) is 2.61. The first-order valence-electron chi connectivity index (χ1n) is 6.90. The molecule has 0 aromatic heterocycles. The van der Waals surface area contributed by atoms with E-state index in [0.29, 0.717) is 22.6 Å². The molecular weight excluding hydrogens is 413 g/mol. The lowest BCUT2D eigenvalue weighted by atomic mass is 9.98. The minimum Gasteiger partial charge on any atom is -0.342 e. The molecule has 3 nitrogen and oxygen atoms in total. The molecule has 0 spiro atoms. The second kappa shape index (κ2) is 6.38. The first-order valence-corrected chi connectivity index (χ1v) is 8.35. The molecular formula is C17H13ClINO2. The van der Waals surface area contributed by atoms with Gasteiger partial charge < -0.3 is 5.32 Å². The number of carbonyl (C=O) groups is 2. The Morgan fingerprint density at radius 2 is 1.86 bits per heavy atom. The van der Waals surface area contributed by atoms with Gasteiger partial charge in [-0.1, -0.05) is 35.9 Å². The summed E-state index contributed by atoms with van der Waals surface area (Å²) in [5, 5.41) is 3.20. The Labute approximate surface area is 147 Å². The summed E-state index contributed by atoms with van der Waals surface area (Å²) in [5.41, 5.74) is 2.14. The second-order valence-corrected chi connectivity index (χ2v) is 6.93. The Balaban J connectivity index is 1.87. The van der Waals surface area contributed by atoms with Gasteiger partial charge in [0, 0.05) is 9.99 Å². The molecule has 0 fully saturated rings. The van der Waals surface area contributed by atoms with Gasteiger partial charge in [0.1, 0.15) is 0 Å². The van der Waals surface area contributed by atoms with Gasteiger partial charge in [-0.3, -0.25) is 9.59 Å². The zero-order chi connectivity index (χ0) is 15.7. The Bertz CT molecular complexity index is 743. The van der Waals surface area contributed by atoms with Gasteiger partial charge in [0.2, 0.25) is 0 Å². The van der Waals surface area contributed by atoms with Gasteiger partial charge >= 0.3 is 0 Å². The van der Waals surface area contributed by atoms with E-state index < -0.39 is 6.04 Å². The van der Waals surface area contributed by atoms with Crippen molar-refractivity contribution >= 4 is 45.9 Å². The lowest BCUT2D eigenvalue weighted by Crippen LogP contribution is -2.40. The number of rotatable bonds is 2. The summed E-state index contributed by atoms with van der Waals surface area (Å²) < 4.78 is 1.14. The first kappa shape index (κ1) is 15.5. The van der Waals surface area contributed by atoms with Gasteiger partial charge in [0.05, 0.1) is 16.6 Å². The standard InChI is InChI=1S/C17H13ClINO2/c18-13-3-1-2-11-9-15(21)14(20-17(22)16(11)13)8-10-4-6-12(19)7-5-10/h1-7,14H,8-9H2,(H,20,22)/t14-/m1/s1. The van der Waals surface area contributed by atoms with Crippen LogP contribution in [0.2, 0.25) is 5.02 Å². The maximum Gasteiger partial charge on any atom is 0.253 e. The predicted octanol–water partition coefficient (Wildman–Crippen LogP) is 3.41. The van der Waals surface area contributed by atoms with E-state index in [4.69, 9.17) is 11.6 Å². The number of ketones is 1. The van der Waals surface area contributed by atoms with Crippen LogP contribution in [0.1, 0.15) is 21.5 Å². The molecule has 1 atom stereocenters. The monoisotopic (exact) mass is 425 g/mol. The Kier molecular flexibility index (Phi) is 4.49. The number of fused-ring (bicyclic) bond motifs is 1. The first-order chi connectivity index (χ1) is 10.5. The van der Waals surface area contributed by atoms with Crippen LogP contribution in [0, 0.1) is 3.57 Å². The van der Waals surface area contributed by atoms with Crippen molar-refractivity contribution in [1.82, 2.24) is 5.32 Å². The smallest absolute Gasteiger partial charge is 0.253 e. The van der Waals surface area contributed by atoms with Gasteiger partial charge in [-0.2, -0.15) is 0 Å². The molecule has 112 valence electrons. The van der Waals surface area contributed by atoms with E-state index in [1.54, 1.807) is 18.2 Å². The minimum absolute atomic E-state index is 0.00733. The number of benzene rings is 2. The van der Waals surface area contributed by atoms with E-state index in [1.807, 2.05) is 24.3 Å². The van der Waals surface area contributed by atoms with E-state index in [0.717, 1.165) is 9.13 Å². The molecule has 0 bridgehead atoms. The number of carbonyl (C=O) groups excluding carboxylic acids is 2. The largest absolute Gasteiger partial charge is 0.342 e. The van der Waals surface area contributed by atoms with Crippen LogP contribution >= 0.6 is 34.2 Å². The van der Waals surface area contributed by atoms with Gasteiger partial charge in [-0.25, -0.2) is 0 Å². The molecule has 2 aromatic carbocycles. The summed E-state index contributed by atoms with van der Waals surface area (Å²) in [6.45, 7) is 0. The number of hydrogen-bond donors (Lipinski definition) is 1. The number of halogens is 2. The highest BCUT2D eigenvalue weighted by atomic mass is 127. The molecule has 22 heavy (non-hydrogen) atoms. The van der Waals surface area contributed by atoms with Crippen molar-refractivity contribution < 1.29 is 9.59 Å². The SMILES string of the molecule is O=C1N[C@H](Cc2ccc(I)cc2)C(=O)Cc2cccc(Cl)c21. The van der Waals surface area contributed by atoms with Crippen LogP contribution in [0.4, 0.5) is 0 Å². The summed E-state index contributed by atoms with van der Waals surface area (Å²) in [6, 6.07) is 12.6. The molecule has 2 aromatic rings. The predicted molar refractivity (Wildman–Crippen MR) is 94.3 cm³/mol. The van der Waals surface area contributed by atoms with E-state index in [2.05, 4.69) is 27.9 Å². The highest BCUT2D eigenvalue weighted by Crippen LogP contribution is 2.24. The zero-order valence-electron chi connectivity index (χ0n) is 11.6. The van der Waals surface area contributed by atoms with Crippen LogP contribution in [-0.2, 0) is 17.6 Å². The van der Waals surface area contributed by atoms with Crippen molar-refractivity contribution in [3.8, 4) is 0 Å². The Morgan fingerprint density at radius 1 is 1.14 bits per heavy atom. The normalized spacial score (nSPS) is 17.6. The molecule has 0 saturated carbocycles. The molecule has 1 aliphatic heterocycles.